The maximum absolute atomic E-state index is 6.02. The van der Waals surface area contributed by atoms with Crippen LogP contribution in [0, 0.1) is 0 Å². The number of hydrogen-bond donors (Lipinski definition) is 1. The van der Waals surface area contributed by atoms with Gasteiger partial charge in [-0.05, 0) is 17.7 Å². The number of nitrogens with one attached hydrogen (secondary N) is 1. The van der Waals surface area contributed by atoms with Gasteiger partial charge >= 0.3 is 0 Å². The summed E-state index contributed by atoms with van der Waals surface area (Å²) in [5.41, 5.74) is 1.87. The molecule has 7 heteroatoms. The van der Waals surface area contributed by atoms with Gasteiger partial charge in [0.2, 0.25) is 0 Å². The lowest BCUT2D eigenvalue weighted by Crippen LogP contribution is -2.38. The highest BCUT2D eigenvalue weighted by molar-refractivity contribution is 6.42. The molecule has 2 rings (SSSR count). The van der Waals surface area contributed by atoms with E-state index in [1.807, 2.05) is 24.1 Å². The summed E-state index contributed by atoms with van der Waals surface area (Å²) >= 11 is 11.9. The molecule has 21 heavy (non-hydrogen) atoms. The summed E-state index contributed by atoms with van der Waals surface area (Å²) in [4.78, 5) is 6.22. The highest BCUT2D eigenvalue weighted by Crippen LogP contribution is 2.23. The van der Waals surface area contributed by atoms with Crippen molar-refractivity contribution >= 4 is 29.2 Å². The van der Waals surface area contributed by atoms with Crippen LogP contribution in [0.3, 0.4) is 0 Å². The van der Waals surface area contributed by atoms with Crippen LogP contribution in [-0.2, 0) is 13.1 Å². The predicted octanol–water partition coefficient (Wildman–Crippen LogP) is 3.19. The molecule has 0 spiro atoms. The maximum atomic E-state index is 6.02. The summed E-state index contributed by atoms with van der Waals surface area (Å²) in [5, 5.41) is 8.16. The third-order valence-corrected chi connectivity index (χ3v) is 3.64. The molecule has 112 valence electrons. The van der Waals surface area contributed by atoms with Gasteiger partial charge in [0.05, 0.1) is 16.6 Å². The van der Waals surface area contributed by atoms with Gasteiger partial charge in [-0.15, -0.1) is 0 Å². The van der Waals surface area contributed by atoms with Gasteiger partial charge < -0.3 is 14.7 Å². The number of aromatic nitrogens is 1. The van der Waals surface area contributed by atoms with Gasteiger partial charge in [0, 0.05) is 26.7 Å². The average molecular weight is 327 g/mol. The Kier molecular flexibility index (Phi) is 5.47. The molecule has 2 aromatic rings. The summed E-state index contributed by atoms with van der Waals surface area (Å²) in [7, 11) is 3.68. The average Bonchev–Trinajstić information content (AvgIpc) is 2.97. The van der Waals surface area contributed by atoms with Crippen molar-refractivity contribution in [3.63, 3.8) is 0 Å². The minimum absolute atomic E-state index is 0.549. The van der Waals surface area contributed by atoms with E-state index in [-0.39, 0.29) is 0 Å². The molecule has 0 fully saturated rings. The molecule has 1 N–H and O–H groups in total. The second-order valence-electron chi connectivity index (χ2n) is 4.50. The topological polar surface area (TPSA) is 53.7 Å². The van der Waals surface area contributed by atoms with Crippen LogP contribution in [-0.4, -0.2) is 30.1 Å². The Morgan fingerprint density at radius 1 is 1.33 bits per heavy atom. The molecule has 0 radical (unpaired) electrons. The number of aliphatic imine (C=N–C) groups is 1. The Labute approximate surface area is 133 Å². The Morgan fingerprint density at radius 3 is 2.76 bits per heavy atom. The van der Waals surface area contributed by atoms with Crippen LogP contribution < -0.4 is 5.32 Å². The third-order valence-electron chi connectivity index (χ3n) is 2.90. The molecule has 0 unspecified atom stereocenters. The van der Waals surface area contributed by atoms with E-state index >= 15 is 0 Å². The second-order valence-corrected chi connectivity index (χ2v) is 5.31. The molecule has 0 bridgehead atoms. The molecule has 0 saturated heterocycles. The number of benzene rings is 1. The van der Waals surface area contributed by atoms with E-state index < -0.39 is 0 Å². The third kappa shape index (κ3) is 4.37. The number of halogens is 2. The van der Waals surface area contributed by atoms with E-state index in [1.54, 1.807) is 25.4 Å². The van der Waals surface area contributed by atoms with Gasteiger partial charge in [-0.1, -0.05) is 34.4 Å². The van der Waals surface area contributed by atoms with E-state index in [0.717, 1.165) is 17.2 Å². The predicted molar refractivity (Wildman–Crippen MR) is 84.6 cm³/mol. The van der Waals surface area contributed by atoms with Crippen molar-refractivity contribution in [3.05, 3.63) is 51.8 Å². The van der Waals surface area contributed by atoms with Crippen molar-refractivity contribution in [2.24, 2.45) is 4.99 Å². The largest absolute Gasteiger partial charge is 0.364 e. The van der Waals surface area contributed by atoms with Crippen molar-refractivity contribution in [2.45, 2.75) is 13.1 Å². The highest BCUT2D eigenvalue weighted by atomic mass is 35.5. The number of nitrogens with zero attached hydrogens (tertiary/aromatic N) is 3. The zero-order chi connectivity index (χ0) is 15.2. The molecular formula is C14H16Cl2N4O. The Bertz CT molecular complexity index is 613. The minimum Gasteiger partial charge on any atom is -0.364 e. The molecule has 1 heterocycles. The quantitative estimate of drug-likeness (QED) is 0.692. The fraction of sp³-hybridized carbons (Fsp3) is 0.286. The lowest BCUT2D eigenvalue weighted by molar-refractivity contribution is 0.409. The normalized spacial score (nSPS) is 11.5. The summed E-state index contributed by atoms with van der Waals surface area (Å²) < 4.78 is 4.79. The van der Waals surface area contributed by atoms with Crippen LogP contribution in [0.15, 0.2) is 40.0 Å². The van der Waals surface area contributed by atoms with Gasteiger partial charge in [0.1, 0.15) is 12.0 Å². The smallest absolute Gasteiger partial charge is 0.194 e. The second kappa shape index (κ2) is 7.33. The van der Waals surface area contributed by atoms with Gasteiger partial charge in [0.15, 0.2) is 5.96 Å². The van der Waals surface area contributed by atoms with Crippen molar-refractivity contribution in [3.8, 4) is 0 Å². The zero-order valence-electron chi connectivity index (χ0n) is 11.8. The highest BCUT2D eigenvalue weighted by Gasteiger charge is 2.08. The summed E-state index contributed by atoms with van der Waals surface area (Å²) in [5.74, 6) is 0.754. The molecule has 0 amide bonds. The first kappa shape index (κ1) is 15.7. The van der Waals surface area contributed by atoms with Crippen LogP contribution in [0.1, 0.15) is 11.3 Å². The Hall–Kier alpha value is -1.72. The SMILES string of the molecule is CN=C(NCc1ccon1)N(C)Cc1ccc(Cl)c(Cl)c1. The molecule has 1 aromatic carbocycles. The van der Waals surface area contributed by atoms with Crippen molar-refractivity contribution in [1.29, 1.82) is 0 Å². The fourth-order valence-electron chi connectivity index (χ4n) is 1.87. The van der Waals surface area contributed by atoms with Crippen LogP contribution in [0.5, 0.6) is 0 Å². The fourth-order valence-corrected chi connectivity index (χ4v) is 2.19. The molecule has 1 aromatic heterocycles. The summed E-state index contributed by atoms with van der Waals surface area (Å²) in [6, 6.07) is 7.39. The van der Waals surface area contributed by atoms with Gasteiger partial charge in [0.25, 0.3) is 0 Å². The van der Waals surface area contributed by atoms with Crippen LogP contribution >= 0.6 is 23.2 Å². The molecule has 0 aliphatic rings. The van der Waals surface area contributed by atoms with Crippen molar-refractivity contribution in [1.82, 2.24) is 15.4 Å². The number of guanidine groups is 1. The van der Waals surface area contributed by atoms with Crippen LogP contribution in [0.2, 0.25) is 10.0 Å². The molecule has 5 nitrogen and oxygen atoms in total. The molecule has 0 aliphatic heterocycles. The molecule has 0 atom stereocenters. The molecule has 0 saturated carbocycles. The number of rotatable bonds is 4. The minimum atomic E-state index is 0.549. The molecule has 0 aliphatic carbocycles. The van der Waals surface area contributed by atoms with Gasteiger partial charge in [-0.2, -0.15) is 0 Å². The van der Waals surface area contributed by atoms with E-state index in [9.17, 15) is 0 Å². The maximum Gasteiger partial charge on any atom is 0.194 e. The first-order valence-electron chi connectivity index (χ1n) is 6.35. The zero-order valence-corrected chi connectivity index (χ0v) is 13.3. The van der Waals surface area contributed by atoms with E-state index in [2.05, 4.69) is 15.5 Å². The summed E-state index contributed by atoms with van der Waals surface area (Å²) in [6.45, 7) is 1.21. The first-order chi connectivity index (χ1) is 10.1. The van der Waals surface area contributed by atoms with E-state index in [1.165, 1.54) is 0 Å². The van der Waals surface area contributed by atoms with Gasteiger partial charge in [-0.3, -0.25) is 4.99 Å². The standard InChI is InChI=1S/C14H16Cl2N4O/c1-17-14(18-8-11-5-6-21-19-11)20(2)9-10-3-4-12(15)13(16)7-10/h3-7H,8-9H2,1-2H3,(H,17,18). The van der Waals surface area contributed by atoms with Crippen molar-refractivity contribution < 1.29 is 4.52 Å². The van der Waals surface area contributed by atoms with Crippen molar-refractivity contribution in [2.75, 3.05) is 14.1 Å². The lowest BCUT2D eigenvalue weighted by atomic mass is 10.2. The van der Waals surface area contributed by atoms with Crippen LogP contribution in [0.4, 0.5) is 0 Å². The van der Waals surface area contributed by atoms with Crippen LogP contribution in [0.25, 0.3) is 0 Å². The first-order valence-corrected chi connectivity index (χ1v) is 7.10. The van der Waals surface area contributed by atoms with E-state index in [4.69, 9.17) is 27.7 Å². The summed E-state index contributed by atoms with van der Waals surface area (Å²) in [6.07, 6.45) is 1.54. The Balaban J connectivity index is 1.96. The van der Waals surface area contributed by atoms with E-state index in [0.29, 0.717) is 23.1 Å². The Morgan fingerprint density at radius 2 is 2.14 bits per heavy atom. The molecular weight excluding hydrogens is 311 g/mol. The number of hydrogen-bond acceptors (Lipinski definition) is 3. The van der Waals surface area contributed by atoms with Gasteiger partial charge in [-0.25, -0.2) is 0 Å². The monoisotopic (exact) mass is 326 g/mol. The lowest BCUT2D eigenvalue weighted by Gasteiger charge is -2.22.